The molecule has 2 N–H and O–H groups in total. The largest absolute Gasteiger partial charge is 0.481 e. The van der Waals surface area contributed by atoms with Crippen LogP contribution >= 0.6 is 11.6 Å². The molecule has 0 saturated heterocycles. The molecule has 0 radical (unpaired) electrons. The van der Waals surface area contributed by atoms with Crippen molar-refractivity contribution in [3.8, 4) is 6.01 Å². The van der Waals surface area contributed by atoms with Gasteiger partial charge in [-0.3, -0.25) is 4.79 Å². The minimum atomic E-state index is -0.829. The van der Waals surface area contributed by atoms with Gasteiger partial charge in [-0.2, -0.15) is 4.98 Å². The summed E-state index contributed by atoms with van der Waals surface area (Å²) in [6.07, 6.45) is 2.01. The third-order valence-corrected chi connectivity index (χ3v) is 2.36. The quantitative estimate of drug-likeness (QED) is 0.810. The third-order valence-electron chi connectivity index (χ3n) is 2.08. The van der Waals surface area contributed by atoms with E-state index in [0.29, 0.717) is 17.3 Å². The van der Waals surface area contributed by atoms with Gasteiger partial charge in [0.15, 0.2) is 5.82 Å². The molecule has 1 aromatic rings. The first-order valence-corrected chi connectivity index (χ1v) is 5.45. The van der Waals surface area contributed by atoms with Crippen LogP contribution < -0.4 is 10.1 Å². The second-order valence-electron chi connectivity index (χ2n) is 3.53. The number of aliphatic carboxylic acids is 1. The van der Waals surface area contributed by atoms with Crippen LogP contribution in [0.1, 0.15) is 19.8 Å². The van der Waals surface area contributed by atoms with Crippen molar-refractivity contribution in [3.05, 3.63) is 11.2 Å². The second kappa shape index (κ2) is 6.24. The standard InChI is InChI=1S/C10H14ClN3O3/c1-6(3-4-8(15)16)13-9-7(11)5-12-10(14-9)17-2/h5-6H,3-4H2,1-2H3,(H,15,16)(H,12,13,14). The fraction of sp³-hybridized carbons (Fsp3) is 0.500. The normalized spacial score (nSPS) is 11.9. The van der Waals surface area contributed by atoms with E-state index < -0.39 is 5.97 Å². The number of carbonyl (C=O) groups is 1. The summed E-state index contributed by atoms with van der Waals surface area (Å²) in [5.41, 5.74) is 0. The van der Waals surface area contributed by atoms with Crippen LogP contribution in [0.4, 0.5) is 5.82 Å². The highest BCUT2D eigenvalue weighted by molar-refractivity contribution is 6.32. The molecular weight excluding hydrogens is 246 g/mol. The maximum absolute atomic E-state index is 10.4. The predicted octanol–water partition coefficient (Wildman–Crippen LogP) is 1.80. The molecule has 1 atom stereocenters. The van der Waals surface area contributed by atoms with Gasteiger partial charge in [0.05, 0.1) is 13.3 Å². The maximum Gasteiger partial charge on any atom is 0.318 e. The number of nitrogens with zero attached hydrogens (tertiary/aromatic N) is 2. The van der Waals surface area contributed by atoms with Gasteiger partial charge in [-0.1, -0.05) is 11.6 Å². The van der Waals surface area contributed by atoms with Crippen molar-refractivity contribution < 1.29 is 14.6 Å². The monoisotopic (exact) mass is 259 g/mol. The first kappa shape index (κ1) is 13.5. The number of halogens is 1. The van der Waals surface area contributed by atoms with E-state index in [4.69, 9.17) is 21.4 Å². The van der Waals surface area contributed by atoms with Gasteiger partial charge in [-0.05, 0) is 13.3 Å². The summed E-state index contributed by atoms with van der Waals surface area (Å²) in [7, 11) is 1.46. The molecule has 0 aliphatic rings. The Bertz CT molecular complexity index is 400. The highest BCUT2D eigenvalue weighted by Crippen LogP contribution is 2.21. The molecule has 1 unspecified atom stereocenters. The highest BCUT2D eigenvalue weighted by atomic mass is 35.5. The summed E-state index contributed by atoms with van der Waals surface area (Å²) in [5, 5.41) is 11.9. The van der Waals surface area contributed by atoms with Crippen molar-refractivity contribution in [1.29, 1.82) is 0 Å². The smallest absolute Gasteiger partial charge is 0.318 e. The Morgan fingerprint density at radius 3 is 3.00 bits per heavy atom. The summed E-state index contributed by atoms with van der Waals surface area (Å²) in [6, 6.07) is 0.158. The van der Waals surface area contributed by atoms with Gasteiger partial charge < -0.3 is 15.2 Å². The molecule has 0 saturated carbocycles. The number of aromatic nitrogens is 2. The van der Waals surface area contributed by atoms with E-state index in [1.54, 1.807) is 0 Å². The van der Waals surface area contributed by atoms with Gasteiger partial charge in [-0.25, -0.2) is 4.98 Å². The van der Waals surface area contributed by atoms with E-state index in [0.717, 1.165) is 0 Å². The Morgan fingerprint density at radius 2 is 2.41 bits per heavy atom. The predicted molar refractivity (Wildman–Crippen MR) is 63.5 cm³/mol. The van der Waals surface area contributed by atoms with E-state index in [1.165, 1.54) is 13.3 Å². The third kappa shape index (κ3) is 4.44. The number of anilines is 1. The van der Waals surface area contributed by atoms with E-state index in [1.807, 2.05) is 6.92 Å². The van der Waals surface area contributed by atoms with Crippen LogP contribution in [0.15, 0.2) is 6.20 Å². The van der Waals surface area contributed by atoms with Crippen LogP contribution in [0.3, 0.4) is 0 Å². The van der Waals surface area contributed by atoms with Gasteiger partial charge in [-0.15, -0.1) is 0 Å². The molecule has 7 heteroatoms. The minimum Gasteiger partial charge on any atom is -0.481 e. The molecule has 0 amide bonds. The lowest BCUT2D eigenvalue weighted by atomic mass is 10.2. The molecule has 0 spiro atoms. The Kier molecular flexibility index (Phi) is 4.96. The van der Waals surface area contributed by atoms with Crippen molar-refractivity contribution in [3.63, 3.8) is 0 Å². The summed E-state index contributed by atoms with van der Waals surface area (Å²) in [6.45, 7) is 1.86. The molecule has 94 valence electrons. The van der Waals surface area contributed by atoms with Crippen LogP contribution in [0, 0.1) is 0 Å². The summed E-state index contributed by atoms with van der Waals surface area (Å²) >= 11 is 5.90. The minimum absolute atomic E-state index is 0.0526. The molecule has 0 aromatic carbocycles. The lowest BCUT2D eigenvalue weighted by molar-refractivity contribution is -0.137. The Balaban J connectivity index is 2.63. The number of nitrogens with one attached hydrogen (secondary N) is 1. The van der Waals surface area contributed by atoms with Gasteiger partial charge in [0, 0.05) is 12.5 Å². The zero-order chi connectivity index (χ0) is 12.8. The zero-order valence-electron chi connectivity index (χ0n) is 9.61. The van der Waals surface area contributed by atoms with E-state index in [-0.39, 0.29) is 18.5 Å². The maximum atomic E-state index is 10.4. The van der Waals surface area contributed by atoms with Crippen LogP contribution in [-0.2, 0) is 4.79 Å². The van der Waals surface area contributed by atoms with Crippen LogP contribution in [0.25, 0.3) is 0 Å². The molecular formula is C10H14ClN3O3. The molecule has 1 rings (SSSR count). The molecule has 1 heterocycles. The number of ether oxygens (including phenoxy) is 1. The van der Waals surface area contributed by atoms with Gasteiger partial charge in [0.25, 0.3) is 0 Å². The van der Waals surface area contributed by atoms with Gasteiger partial charge in [0.2, 0.25) is 0 Å². The summed E-state index contributed by atoms with van der Waals surface area (Å²) in [5.74, 6) is -0.388. The Morgan fingerprint density at radius 1 is 1.71 bits per heavy atom. The van der Waals surface area contributed by atoms with Crippen LogP contribution in [0.5, 0.6) is 6.01 Å². The van der Waals surface area contributed by atoms with Crippen molar-refractivity contribution in [1.82, 2.24) is 9.97 Å². The van der Waals surface area contributed by atoms with Crippen molar-refractivity contribution in [2.24, 2.45) is 0 Å². The molecule has 0 aliphatic carbocycles. The molecule has 17 heavy (non-hydrogen) atoms. The van der Waals surface area contributed by atoms with E-state index in [9.17, 15) is 4.79 Å². The van der Waals surface area contributed by atoms with Crippen LogP contribution in [-0.4, -0.2) is 34.2 Å². The van der Waals surface area contributed by atoms with Crippen molar-refractivity contribution >= 4 is 23.4 Å². The number of carboxylic acids is 1. The van der Waals surface area contributed by atoms with Crippen LogP contribution in [0.2, 0.25) is 5.02 Å². The van der Waals surface area contributed by atoms with Gasteiger partial charge in [0.1, 0.15) is 5.02 Å². The fourth-order valence-corrected chi connectivity index (χ4v) is 1.34. The molecule has 6 nitrogen and oxygen atoms in total. The fourth-order valence-electron chi connectivity index (χ4n) is 1.20. The average Bonchev–Trinajstić information content (AvgIpc) is 2.29. The number of methoxy groups -OCH3 is 1. The number of carboxylic acid groups (broad SMARTS) is 1. The molecule has 0 fully saturated rings. The Labute approximate surface area is 104 Å². The van der Waals surface area contributed by atoms with Gasteiger partial charge >= 0.3 is 12.0 Å². The number of hydrogen-bond donors (Lipinski definition) is 2. The lowest BCUT2D eigenvalue weighted by Gasteiger charge is -2.14. The number of rotatable bonds is 6. The molecule has 1 aromatic heterocycles. The van der Waals surface area contributed by atoms with Crippen molar-refractivity contribution in [2.45, 2.75) is 25.8 Å². The lowest BCUT2D eigenvalue weighted by Crippen LogP contribution is -2.18. The SMILES string of the molecule is COc1ncc(Cl)c(NC(C)CCC(=O)O)n1. The summed E-state index contributed by atoms with van der Waals surface area (Å²) in [4.78, 5) is 18.3. The average molecular weight is 260 g/mol. The second-order valence-corrected chi connectivity index (χ2v) is 3.94. The number of hydrogen-bond acceptors (Lipinski definition) is 5. The molecule has 0 bridgehead atoms. The van der Waals surface area contributed by atoms with Crippen molar-refractivity contribution in [2.75, 3.05) is 12.4 Å². The first-order chi connectivity index (χ1) is 8.02. The molecule has 0 aliphatic heterocycles. The topological polar surface area (TPSA) is 84.3 Å². The highest BCUT2D eigenvalue weighted by Gasteiger charge is 2.10. The van der Waals surface area contributed by atoms with E-state index in [2.05, 4.69) is 15.3 Å². The van der Waals surface area contributed by atoms with E-state index >= 15 is 0 Å². The first-order valence-electron chi connectivity index (χ1n) is 5.07. The Hall–Kier alpha value is -1.56. The summed E-state index contributed by atoms with van der Waals surface area (Å²) < 4.78 is 4.87. The zero-order valence-corrected chi connectivity index (χ0v) is 10.4.